The summed E-state index contributed by atoms with van der Waals surface area (Å²) in [7, 11) is 0. The van der Waals surface area contributed by atoms with Gasteiger partial charge in [0, 0.05) is 5.39 Å². The van der Waals surface area contributed by atoms with Gasteiger partial charge in [-0.25, -0.2) is 0 Å². The van der Waals surface area contributed by atoms with Gasteiger partial charge in [0.1, 0.15) is 5.75 Å². The summed E-state index contributed by atoms with van der Waals surface area (Å²) in [6, 6.07) is 15.7. The lowest BCUT2D eigenvalue weighted by atomic mass is 10.1. The highest BCUT2D eigenvalue weighted by atomic mass is 16.3. The fraction of sp³-hybridized carbons (Fsp3) is 0.158. The van der Waals surface area contributed by atoms with Crippen LogP contribution in [0, 0.1) is 20.8 Å². The predicted molar refractivity (Wildman–Crippen MR) is 90.4 cm³/mol. The second-order valence-corrected chi connectivity index (χ2v) is 5.58. The average molecular weight is 290 g/mol. The smallest absolute Gasteiger partial charge is 0.116 e. The van der Waals surface area contributed by atoms with E-state index in [1.165, 1.54) is 0 Å². The highest BCUT2D eigenvalue weighted by molar-refractivity contribution is 5.93. The van der Waals surface area contributed by atoms with Crippen LogP contribution < -0.4 is 0 Å². The average Bonchev–Trinajstić information content (AvgIpc) is 2.48. The van der Waals surface area contributed by atoms with E-state index in [0.29, 0.717) is 0 Å². The summed E-state index contributed by atoms with van der Waals surface area (Å²) in [5.41, 5.74) is 4.63. The van der Waals surface area contributed by atoms with Crippen LogP contribution in [0.3, 0.4) is 0 Å². The molecule has 0 atom stereocenters. The van der Waals surface area contributed by atoms with Crippen molar-refractivity contribution in [1.29, 1.82) is 0 Å². The maximum absolute atomic E-state index is 9.62. The molecule has 0 unspecified atom stereocenters. The predicted octanol–water partition coefficient (Wildman–Crippen LogP) is 5.89. The third-order valence-electron chi connectivity index (χ3n) is 3.83. The first-order valence-corrected chi connectivity index (χ1v) is 7.26. The summed E-state index contributed by atoms with van der Waals surface area (Å²) < 4.78 is 0. The molecule has 1 N–H and O–H groups in total. The first-order valence-electron chi connectivity index (χ1n) is 7.26. The van der Waals surface area contributed by atoms with Crippen molar-refractivity contribution < 1.29 is 5.11 Å². The minimum absolute atomic E-state index is 0.260. The third kappa shape index (κ3) is 2.58. The fourth-order valence-electron chi connectivity index (χ4n) is 2.69. The van der Waals surface area contributed by atoms with Gasteiger partial charge in [-0.15, -0.1) is 10.2 Å². The van der Waals surface area contributed by atoms with E-state index in [4.69, 9.17) is 0 Å². The summed E-state index contributed by atoms with van der Waals surface area (Å²) in [4.78, 5) is 0. The van der Waals surface area contributed by atoms with Crippen molar-refractivity contribution in [2.24, 2.45) is 10.2 Å². The van der Waals surface area contributed by atoms with Gasteiger partial charge in [0.2, 0.25) is 0 Å². The molecular formula is C19H18N2O. The van der Waals surface area contributed by atoms with E-state index in [-0.39, 0.29) is 5.75 Å². The highest BCUT2D eigenvalue weighted by Crippen LogP contribution is 2.33. The first-order chi connectivity index (χ1) is 10.6. The Bertz CT molecular complexity index is 859. The number of phenols is 1. The Morgan fingerprint density at radius 3 is 2.09 bits per heavy atom. The van der Waals surface area contributed by atoms with Gasteiger partial charge in [-0.3, -0.25) is 0 Å². The monoisotopic (exact) mass is 290 g/mol. The van der Waals surface area contributed by atoms with Crippen LogP contribution in [0.15, 0.2) is 58.8 Å². The Balaban J connectivity index is 2.13. The lowest BCUT2D eigenvalue weighted by Crippen LogP contribution is -1.81. The van der Waals surface area contributed by atoms with E-state index >= 15 is 0 Å². The molecule has 3 rings (SSSR count). The fourth-order valence-corrected chi connectivity index (χ4v) is 2.69. The summed E-state index contributed by atoms with van der Waals surface area (Å²) >= 11 is 0. The molecule has 0 fully saturated rings. The molecule has 0 amide bonds. The lowest BCUT2D eigenvalue weighted by Gasteiger charge is -2.07. The number of hydrogen-bond acceptors (Lipinski definition) is 3. The van der Waals surface area contributed by atoms with E-state index in [9.17, 15) is 5.11 Å². The van der Waals surface area contributed by atoms with Crippen LogP contribution in [-0.2, 0) is 0 Å². The molecule has 0 radical (unpaired) electrons. The SMILES string of the molecule is Cc1cc(O)cc(C)c1N=Nc1c(C)ccc2ccccc12. The molecule has 0 saturated heterocycles. The Morgan fingerprint density at radius 2 is 1.36 bits per heavy atom. The van der Waals surface area contributed by atoms with Gasteiger partial charge in [0.15, 0.2) is 0 Å². The lowest BCUT2D eigenvalue weighted by molar-refractivity contribution is 0.474. The maximum Gasteiger partial charge on any atom is 0.116 e. The number of azo groups is 1. The van der Waals surface area contributed by atoms with Crippen LogP contribution in [0.25, 0.3) is 10.8 Å². The summed E-state index contributed by atoms with van der Waals surface area (Å²) in [5.74, 6) is 0.260. The number of fused-ring (bicyclic) bond motifs is 1. The highest BCUT2D eigenvalue weighted by Gasteiger charge is 2.06. The van der Waals surface area contributed by atoms with Crippen LogP contribution in [0.1, 0.15) is 16.7 Å². The van der Waals surface area contributed by atoms with Crippen LogP contribution in [0.5, 0.6) is 5.75 Å². The van der Waals surface area contributed by atoms with Crippen LogP contribution in [0.4, 0.5) is 11.4 Å². The van der Waals surface area contributed by atoms with Gasteiger partial charge in [-0.1, -0.05) is 36.4 Å². The zero-order valence-corrected chi connectivity index (χ0v) is 13.0. The number of rotatable bonds is 2. The van der Waals surface area contributed by atoms with Crippen LogP contribution in [0.2, 0.25) is 0 Å². The maximum atomic E-state index is 9.62. The second kappa shape index (κ2) is 5.60. The standard InChI is InChI=1S/C19H18N2O/c1-12-8-9-15-6-4-5-7-17(15)19(12)21-20-18-13(2)10-16(22)11-14(18)3/h4-11,22H,1-3H3. The van der Waals surface area contributed by atoms with Crippen molar-refractivity contribution in [3.63, 3.8) is 0 Å². The quantitative estimate of drug-likeness (QED) is 0.588. The first kappa shape index (κ1) is 14.3. The molecule has 0 bridgehead atoms. The summed E-state index contributed by atoms with van der Waals surface area (Å²) in [5, 5.41) is 20.8. The molecular weight excluding hydrogens is 272 g/mol. The number of nitrogens with zero attached hydrogens (tertiary/aromatic N) is 2. The van der Waals surface area contributed by atoms with Gasteiger partial charge in [0.25, 0.3) is 0 Å². The zero-order chi connectivity index (χ0) is 15.7. The Kier molecular flexibility index (Phi) is 3.63. The third-order valence-corrected chi connectivity index (χ3v) is 3.83. The summed E-state index contributed by atoms with van der Waals surface area (Å²) in [6.07, 6.45) is 0. The number of phenolic OH excluding ortho intramolecular Hbond substituents is 1. The number of aromatic hydroxyl groups is 1. The molecule has 3 nitrogen and oxygen atoms in total. The number of benzene rings is 3. The molecule has 3 heteroatoms. The van der Waals surface area contributed by atoms with Crippen molar-refractivity contribution in [2.45, 2.75) is 20.8 Å². The molecule has 0 aliphatic rings. The minimum Gasteiger partial charge on any atom is -0.508 e. The molecule has 0 spiro atoms. The van der Waals surface area contributed by atoms with Gasteiger partial charge in [-0.05, 0) is 55.0 Å². The van der Waals surface area contributed by atoms with Crippen molar-refractivity contribution in [3.8, 4) is 5.75 Å². The van der Waals surface area contributed by atoms with Crippen LogP contribution >= 0.6 is 0 Å². The van der Waals surface area contributed by atoms with Gasteiger partial charge in [-0.2, -0.15) is 0 Å². The molecule has 0 saturated carbocycles. The van der Waals surface area contributed by atoms with E-state index in [1.807, 2.05) is 32.9 Å². The molecule has 0 heterocycles. The van der Waals surface area contributed by atoms with Crippen molar-refractivity contribution in [1.82, 2.24) is 0 Å². The molecule has 3 aromatic carbocycles. The molecule has 0 aliphatic carbocycles. The largest absolute Gasteiger partial charge is 0.508 e. The van der Waals surface area contributed by atoms with Crippen LogP contribution in [-0.4, -0.2) is 5.11 Å². The van der Waals surface area contributed by atoms with Crippen molar-refractivity contribution in [3.05, 3.63) is 65.2 Å². The Hall–Kier alpha value is -2.68. The molecule has 110 valence electrons. The van der Waals surface area contributed by atoms with Crippen molar-refractivity contribution in [2.75, 3.05) is 0 Å². The molecule has 3 aromatic rings. The van der Waals surface area contributed by atoms with E-state index in [2.05, 4.69) is 34.5 Å². The Morgan fingerprint density at radius 1 is 0.727 bits per heavy atom. The van der Waals surface area contributed by atoms with E-state index in [0.717, 1.165) is 38.8 Å². The normalized spacial score (nSPS) is 11.4. The molecule has 0 aromatic heterocycles. The van der Waals surface area contributed by atoms with Gasteiger partial charge < -0.3 is 5.11 Å². The zero-order valence-electron chi connectivity index (χ0n) is 13.0. The van der Waals surface area contributed by atoms with E-state index in [1.54, 1.807) is 12.1 Å². The minimum atomic E-state index is 0.260. The second-order valence-electron chi connectivity index (χ2n) is 5.58. The number of hydrogen-bond donors (Lipinski definition) is 1. The molecule has 22 heavy (non-hydrogen) atoms. The number of aryl methyl sites for hydroxylation is 3. The van der Waals surface area contributed by atoms with Gasteiger partial charge in [0.05, 0.1) is 11.4 Å². The van der Waals surface area contributed by atoms with Gasteiger partial charge >= 0.3 is 0 Å². The molecule has 0 aliphatic heterocycles. The Labute approximate surface area is 130 Å². The van der Waals surface area contributed by atoms with E-state index < -0.39 is 0 Å². The summed E-state index contributed by atoms with van der Waals surface area (Å²) in [6.45, 7) is 5.89. The topological polar surface area (TPSA) is 45.0 Å². The van der Waals surface area contributed by atoms with Crippen molar-refractivity contribution >= 4 is 22.1 Å².